The molecule has 1 fully saturated rings. The minimum absolute atomic E-state index is 0.0111. The van der Waals surface area contributed by atoms with Crippen molar-refractivity contribution in [1.82, 2.24) is 10.2 Å². The van der Waals surface area contributed by atoms with E-state index in [2.05, 4.69) is 5.32 Å². The number of ether oxygens (including phenoxy) is 1. The van der Waals surface area contributed by atoms with Gasteiger partial charge in [0, 0.05) is 36.7 Å². The third-order valence-corrected chi connectivity index (χ3v) is 4.09. The fourth-order valence-electron chi connectivity index (χ4n) is 2.97. The van der Waals surface area contributed by atoms with Crippen LogP contribution < -0.4 is 15.7 Å². The van der Waals surface area contributed by atoms with Crippen molar-refractivity contribution in [3.05, 3.63) is 40.8 Å². The zero-order chi connectivity index (χ0) is 16.2. The number of carbonyl (C=O) groups excluding carboxylic acids is 1. The van der Waals surface area contributed by atoms with Crippen molar-refractivity contribution < 1.29 is 13.9 Å². The van der Waals surface area contributed by atoms with Crippen LogP contribution in [0.1, 0.15) is 12.8 Å². The molecule has 1 unspecified atom stereocenters. The summed E-state index contributed by atoms with van der Waals surface area (Å²) >= 11 is 0. The second-order valence-corrected chi connectivity index (χ2v) is 5.68. The Hall–Kier alpha value is -2.34. The van der Waals surface area contributed by atoms with E-state index in [1.54, 1.807) is 24.3 Å². The largest absolute Gasteiger partial charge is 0.484 e. The van der Waals surface area contributed by atoms with E-state index in [-0.39, 0.29) is 18.6 Å². The maximum atomic E-state index is 12.3. The van der Waals surface area contributed by atoms with E-state index in [9.17, 15) is 9.59 Å². The lowest BCUT2D eigenvalue weighted by atomic mass is 10.2. The lowest BCUT2D eigenvalue weighted by Gasteiger charge is -2.24. The Labute approximate surface area is 134 Å². The Morgan fingerprint density at radius 3 is 3.04 bits per heavy atom. The lowest BCUT2D eigenvalue weighted by molar-refractivity contribution is -0.134. The molecule has 6 nitrogen and oxygen atoms in total. The molecule has 1 aliphatic rings. The van der Waals surface area contributed by atoms with E-state index in [0.717, 1.165) is 31.3 Å². The van der Waals surface area contributed by atoms with Crippen LogP contribution in [0.5, 0.6) is 5.75 Å². The van der Waals surface area contributed by atoms with Gasteiger partial charge in [0.2, 0.25) is 0 Å². The Bertz CT molecular complexity index is 756. The Morgan fingerprint density at radius 1 is 1.39 bits per heavy atom. The van der Waals surface area contributed by atoms with Crippen LogP contribution in [0, 0.1) is 0 Å². The van der Waals surface area contributed by atoms with E-state index in [1.165, 1.54) is 6.07 Å². The van der Waals surface area contributed by atoms with Crippen molar-refractivity contribution in [2.45, 2.75) is 18.9 Å². The number of rotatable bonds is 5. The van der Waals surface area contributed by atoms with Crippen molar-refractivity contribution in [3.63, 3.8) is 0 Å². The van der Waals surface area contributed by atoms with Gasteiger partial charge < -0.3 is 19.4 Å². The van der Waals surface area contributed by atoms with Gasteiger partial charge in [0.15, 0.2) is 6.61 Å². The standard InChI is InChI=1S/C17H20N2O4/c1-18-10-13-3-2-8-19(13)16(20)11-22-14-6-4-12-5-7-17(21)23-15(12)9-14/h4-7,9,13,18H,2-3,8,10-11H2,1H3. The highest BCUT2D eigenvalue weighted by Gasteiger charge is 2.28. The Morgan fingerprint density at radius 2 is 2.22 bits per heavy atom. The molecule has 1 aliphatic heterocycles. The topological polar surface area (TPSA) is 71.8 Å². The molecule has 0 radical (unpaired) electrons. The summed E-state index contributed by atoms with van der Waals surface area (Å²) < 4.78 is 10.7. The number of carbonyl (C=O) groups is 1. The van der Waals surface area contributed by atoms with Crippen LogP contribution in [-0.2, 0) is 4.79 Å². The molecule has 0 spiro atoms. The van der Waals surface area contributed by atoms with Crippen molar-refractivity contribution in [1.29, 1.82) is 0 Å². The molecule has 6 heteroatoms. The number of benzene rings is 1. The van der Waals surface area contributed by atoms with E-state index in [4.69, 9.17) is 9.15 Å². The van der Waals surface area contributed by atoms with Gasteiger partial charge in [-0.05, 0) is 38.1 Å². The van der Waals surface area contributed by atoms with Crippen LogP contribution in [0.3, 0.4) is 0 Å². The van der Waals surface area contributed by atoms with E-state index in [0.29, 0.717) is 11.3 Å². The fraction of sp³-hybridized carbons (Fsp3) is 0.412. The molecule has 1 amide bonds. The summed E-state index contributed by atoms with van der Waals surface area (Å²) in [4.78, 5) is 25.5. The zero-order valence-corrected chi connectivity index (χ0v) is 13.1. The minimum Gasteiger partial charge on any atom is -0.484 e. The summed E-state index contributed by atoms with van der Waals surface area (Å²) in [7, 11) is 1.89. The summed E-state index contributed by atoms with van der Waals surface area (Å²) in [6, 6.07) is 8.52. The smallest absolute Gasteiger partial charge is 0.336 e. The van der Waals surface area contributed by atoms with Gasteiger partial charge in [-0.1, -0.05) is 0 Å². The van der Waals surface area contributed by atoms with Gasteiger partial charge in [-0.2, -0.15) is 0 Å². The summed E-state index contributed by atoms with van der Waals surface area (Å²) in [5.41, 5.74) is 0.0504. The second kappa shape index (κ2) is 6.83. The molecule has 0 saturated carbocycles. The Kier molecular flexibility index (Phi) is 4.62. The summed E-state index contributed by atoms with van der Waals surface area (Å²) in [6.07, 6.45) is 2.05. The lowest BCUT2D eigenvalue weighted by Crippen LogP contribution is -2.43. The van der Waals surface area contributed by atoms with Crippen LogP contribution >= 0.6 is 0 Å². The number of nitrogens with zero attached hydrogens (tertiary/aromatic N) is 1. The van der Waals surface area contributed by atoms with Gasteiger partial charge >= 0.3 is 5.63 Å². The molecule has 122 valence electrons. The first-order valence-corrected chi connectivity index (χ1v) is 7.78. The summed E-state index contributed by atoms with van der Waals surface area (Å²) in [5.74, 6) is 0.502. The predicted molar refractivity (Wildman–Crippen MR) is 86.6 cm³/mol. The van der Waals surface area contributed by atoms with Crippen molar-refractivity contribution in [2.24, 2.45) is 0 Å². The van der Waals surface area contributed by atoms with Crippen molar-refractivity contribution >= 4 is 16.9 Å². The SMILES string of the molecule is CNCC1CCCN1C(=O)COc1ccc2ccc(=O)oc2c1. The van der Waals surface area contributed by atoms with E-state index in [1.807, 2.05) is 11.9 Å². The van der Waals surface area contributed by atoms with Gasteiger partial charge in [0.05, 0.1) is 0 Å². The first-order chi connectivity index (χ1) is 11.2. The number of fused-ring (bicyclic) bond motifs is 1. The number of likely N-dealkylation sites (tertiary alicyclic amines) is 1. The predicted octanol–water partition coefficient (Wildman–Crippen LogP) is 1.38. The molecule has 1 aromatic heterocycles. The number of nitrogens with one attached hydrogen (secondary N) is 1. The maximum Gasteiger partial charge on any atom is 0.336 e. The van der Waals surface area contributed by atoms with Gasteiger partial charge in [-0.25, -0.2) is 4.79 Å². The van der Waals surface area contributed by atoms with Crippen LogP contribution in [-0.4, -0.2) is 43.6 Å². The summed E-state index contributed by atoms with van der Waals surface area (Å²) in [5, 5.41) is 3.93. The molecule has 3 rings (SSSR count). The number of likely N-dealkylation sites (N-methyl/N-ethyl adjacent to an activating group) is 1. The van der Waals surface area contributed by atoms with Crippen LogP contribution in [0.4, 0.5) is 0 Å². The normalized spacial score (nSPS) is 17.6. The first kappa shape index (κ1) is 15.6. The molecule has 1 atom stereocenters. The highest BCUT2D eigenvalue weighted by Crippen LogP contribution is 2.20. The third-order valence-electron chi connectivity index (χ3n) is 4.09. The van der Waals surface area contributed by atoms with E-state index >= 15 is 0 Å². The van der Waals surface area contributed by atoms with Gasteiger partial charge in [-0.3, -0.25) is 4.79 Å². The average Bonchev–Trinajstić information content (AvgIpc) is 3.01. The van der Waals surface area contributed by atoms with Gasteiger partial charge in [-0.15, -0.1) is 0 Å². The molecule has 2 heterocycles. The molecular weight excluding hydrogens is 296 g/mol. The molecule has 23 heavy (non-hydrogen) atoms. The average molecular weight is 316 g/mol. The number of amides is 1. The molecule has 1 aromatic carbocycles. The Balaban J connectivity index is 1.65. The first-order valence-electron chi connectivity index (χ1n) is 7.78. The highest BCUT2D eigenvalue weighted by molar-refractivity contribution is 5.79. The van der Waals surface area contributed by atoms with Gasteiger partial charge in [0.1, 0.15) is 11.3 Å². The zero-order valence-electron chi connectivity index (χ0n) is 13.1. The van der Waals surface area contributed by atoms with Crippen LogP contribution in [0.15, 0.2) is 39.5 Å². The third kappa shape index (κ3) is 3.53. The highest BCUT2D eigenvalue weighted by atomic mass is 16.5. The number of hydrogen-bond donors (Lipinski definition) is 1. The van der Waals surface area contributed by atoms with E-state index < -0.39 is 5.63 Å². The number of hydrogen-bond acceptors (Lipinski definition) is 5. The quantitative estimate of drug-likeness (QED) is 0.844. The summed E-state index contributed by atoms with van der Waals surface area (Å²) in [6.45, 7) is 1.57. The molecule has 1 saturated heterocycles. The molecule has 2 aromatic rings. The molecular formula is C17H20N2O4. The molecule has 1 N–H and O–H groups in total. The molecule has 0 bridgehead atoms. The monoisotopic (exact) mass is 316 g/mol. The van der Waals surface area contributed by atoms with Crippen molar-refractivity contribution in [3.8, 4) is 5.75 Å². The second-order valence-electron chi connectivity index (χ2n) is 5.68. The fourth-order valence-corrected chi connectivity index (χ4v) is 2.97. The van der Waals surface area contributed by atoms with Gasteiger partial charge in [0.25, 0.3) is 5.91 Å². The molecule has 0 aliphatic carbocycles. The van der Waals surface area contributed by atoms with Crippen LogP contribution in [0.2, 0.25) is 0 Å². The maximum absolute atomic E-state index is 12.3. The van der Waals surface area contributed by atoms with Crippen molar-refractivity contribution in [2.75, 3.05) is 26.7 Å². The minimum atomic E-state index is -0.405. The van der Waals surface area contributed by atoms with Crippen LogP contribution in [0.25, 0.3) is 11.0 Å².